The van der Waals surface area contributed by atoms with Crippen LogP contribution in [0.1, 0.15) is 34.4 Å². The summed E-state index contributed by atoms with van der Waals surface area (Å²) in [5.74, 6) is -1.79. The Balaban J connectivity index is 1.30. The van der Waals surface area contributed by atoms with E-state index in [2.05, 4.69) is 20.3 Å². The number of methoxy groups -OCH3 is 1. The van der Waals surface area contributed by atoms with Gasteiger partial charge in [0.05, 0.1) is 31.3 Å². The molecule has 0 saturated carbocycles. The Morgan fingerprint density at radius 3 is 3.00 bits per heavy atom. The van der Waals surface area contributed by atoms with Crippen LogP contribution in [-0.4, -0.2) is 53.1 Å². The number of amides is 1. The van der Waals surface area contributed by atoms with Crippen LogP contribution in [0.3, 0.4) is 0 Å². The number of nitrogens with one attached hydrogen (secondary N) is 1. The fourth-order valence-corrected chi connectivity index (χ4v) is 6.40. The van der Waals surface area contributed by atoms with Crippen LogP contribution in [0.5, 0.6) is 5.75 Å². The van der Waals surface area contributed by atoms with Crippen LogP contribution in [0.2, 0.25) is 0 Å². The molecule has 3 aromatic rings. The van der Waals surface area contributed by atoms with Crippen molar-refractivity contribution < 1.29 is 18.3 Å². The number of aliphatic imine (C=N–C) groups is 1. The zero-order valence-corrected chi connectivity index (χ0v) is 19.4. The van der Waals surface area contributed by atoms with Gasteiger partial charge in [0.1, 0.15) is 22.7 Å². The lowest BCUT2D eigenvalue weighted by Crippen LogP contribution is -2.38. The Labute approximate surface area is 198 Å². The fourth-order valence-electron chi connectivity index (χ4n) is 5.13. The Bertz CT molecular complexity index is 1340. The molecule has 6 rings (SSSR count). The number of halogens is 2. The van der Waals surface area contributed by atoms with Gasteiger partial charge in [-0.3, -0.25) is 9.79 Å². The van der Waals surface area contributed by atoms with Crippen LogP contribution in [0, 0.1) is 5.92 Å². The number of anilines is 2. The van der Waals surface area contributed by atoms with E-state index < -0.39 is 12.5 Å². The summed E-state index contributed by atoms with van der Waals surface area (Å²) >= 11 is 1.56. The predicted octanol–water partition coefficient (Wildman–Crippen LogP) is 4.35. The number of fused-ring (bicyclic) bond motifs is 4. The minimum Gasteiger partial charge on any atom is -0.495 e. The number of rotatable bonds is 4. The molecule has 176 valence electrons. The average Bonchev–Trinajstić information content (AvgIpc) is 3.53. The number of aryl methyl sites for hydroxylation is 1. The van der Waals surface area contributed by atoms with Gasteiger partial charge in [-0.1, -0.05) is 0 Å². The number of ether oxygens (including phenoxy) is 1. The van der Waals surface area contributed by atoms with E-state index in [1.165, 1.54) is 11.2 Å². The van der Waals surface area contributed by atoms with Gasteiger partial charge in [-0.15, -0.1) is 11.3 Å². The van der Waals surface area contributed by atoms with Crippen molar-refractivity contribution in [3.05, 3.63) is 40.0 Å². The Hall–Kier alpha value is -3.14. The molecule has 10 heteroatoms. The molecule has 7 nitrogen and oxygen atoms in total. The highest BCUT2D eigenvalue weighted by Crippen LogP contribution is 2.42. The third-order valence-electron chi connectivity index (χ3n) is 6.88. The number of likely N-dealkylation sites (tertiary alicyclic amines) is 1. The van der Waals surface area contributed by atoms with Crippen molar-refractivity contribution >= 4 is 45.2 Å². The average molecular weight is 484 g/mol. The van der Waals surface area contributed by atoms with Crippen LogP contribution in [0.15, 0.2) is 23.5 Å². The molecule has 3 aliphatic rings. The highest BCUT2D eigenvalue weighted by atomic mass is 32.1. The lowest BCUT2D eigenvalue weighted by molar-refractivity contribution is -0.136. The first-order valence-corrected chi connectivity index (χ1v) is 12.1. The minimum atomic E-state index is -2.77. The number of aromatic nitrogens is 2. The van der Waals surface area contributed by atoms with E-state index in [1.807, 2.05) is 18.3 Å². The first kappa shape index (κ1) is 21.4. The van der Waals surface area contributed by atoms with Crippen LogP contribution < -0.4 is 10.1 Å². The summed E-state index contributed by atoms with van der Waals surface area (Å²) in [5, 5.41) is 4.39. The van der Waals surface area contributed by atoms with Crippen molar-refractivity contribution in [1.82, 2.24) is 14.9 Å². The van der Waals surface area contributed by atoms with Crippen LogP contribution in [0.4, 0.5) is 20.3 Å². The molecule has 0 radical (unpaired) electrons. The summed E-state index contributed by atoms with van der Waals surface area (Å²) in [5.41, 5.74) is 4.11. The molecule has 1 aromatic carbocycles. The van der Waals surface area contributed by atoms with E-state index in [0.717, 1.165) is 37.5 Å². The number of thiophene rings is 1. The summed E-state index contributed by atoms with van der Waals surface area (Å²) in [6.07, 6.45) is 5.01. The molecule has 0 unspecified atom stereocenters. The van der Waals surface area contributed by atoms with Gasteiger partial charge in [0.15, 0.2) is 0 Å². The number of alkyl halides is 2. The van der Waals surface area contributed by atoms with Crippen molar-refractivity contribution in [2.24, 2.45) is 10.9 Å². The first-order chi connectivity index (χ1) is 16.4. The normalized spacial score (nSPS) is 20.4. The van der Waals surface area contributed by atoms with Gasteiger partial charge in [-0.05, 0) is 48.1 Å². The van der Waals surface area contributed by atoms with Crippen molar-refractivity contribution in [2.75, 3.05) is 25.5 Å². The molecule has 2 aromatic heterocycles. The summed E-state index contributed by atoms with van der Waals surface area (Å²) in [7, 11) is 1.64. The minimum absolute atomic E-state index is 0.133. The standard InChI is InChI=1S/C24H23F2N5O2S/c1-33-18-7-15-10-27-9-14(15)6-17(18)30-21-20-16-3-2-13(8-19(16)34-22(20)29-12-28-21)23(32)31-5-4-24(25,26)11-31/h6-7,9,12-13H,2-5,8,10-11H2,1H3,(H,28,29,30)/t13-/m0/s1. The quantitative estimate of drug-likeness (QED) is 0.597. The fraction of sp³-hybridized carbons (Fsp3) is 0.417. The maximum atomic E-state index is 13.6. The maximum absolute atomic E-state index is 13.6. The van der Waals surface area contributed by atoms with Gasteiger partial charge in [-0.2, -0.15) is 0 Å². The number of carbonyl (C=O) groups excluding carboxylic acids is 1. The zero-order valence-electron chi connectivity index (χ0n) is 18.6. The molecule has 1 fully saturated rings. The SMILES string of the molecule is COc1cc2c(cc1Nc1ncnc3sc4c(c13)CC[C@H](C(=O)N1CCC(F)(F)C1)C4)C=NC2. The van der Waals surface area contributed by atoms with Crippen LogP contribution in [-0.2, 0) is 24.2 Å². The van der Waals surface area contributed by atoms with Crippen LogP contribution >= 0.6 is 11.3 Å². The van der Waals surface area contributed by atoms with Gasteiger partial charge >= 0.3 is 0 Å². The summed E-state index contributed by atoms with van der Waals surface area (Å²) in [6, 6.07) is 4.00. The van der Waals surface area contributed by atoms with Gasteiger partial charge in [0.25, 0.3) is 5.92 Å². The molecule has 4 heterocycles. The van der Waals surface area contributed by atoms with E-state index in [-0.39, 0.29) is 24.8 Å². The molecule has 0 spiro atoms. The molecule has 1 saturated heterocycles. The van der Waals surface area contributed by atoms with Crippen molar-refractivity contribution in [3.8, 4) is 5.75 Å². The molecule has 34 heavy (non-hydrogen) atoms. The number of benzene rings is 1. The van der Waals surface area contributed by atoms with Crippen LogP contribution in [0.25, 0.3) is 10.2 Å². The molecular weight excluding hydrogens is 460 g/mol. The lowest BCUT2D eigenvalue weighted by Gasteiger charge is -2.26. The molecule has 2 aliphatic heterocycles. The second kappa shape index (κ2) is 7.97. The highest BCUT2D eigenvalue weighted by Gasteiger charge is 2.42. The van der Waals surface area contributed by atoms with Crippen molar-refractivity contribution in [1.29, 1.82) is 0 Å². The summed E-state index contributed by atoms with van der Waals surface area (Å²) < 4.78 is 32.8. The molecule has 0 bridgehead atoms. The molecular formula is C24H23F2N5O2S. The van der Waals surface area contributed by atoms with E-state index in [9.17, 15) is 13.6 Å². The number of hydrogen-bond acceptors (Lipinski definition) is 7. The van der Waals surface area contributed by atoms with Gasteiger partial charge < -0.3 is 15.0 Å². The largest absolute Gasteiger partial charge is 0.495 e. The van der Waals surface area contributed by atoms with E-state index in [0.29, 0.717) is 37.4 Å². The Kier molecular flexibility index (Phi) is 5.02. The van der Waals surface area contributed by atoms with Gasteiger partial charge in [0.2, 0.25) is 5.91 Å². The number of hydrogen-bond donors (Lipinski definition) is 1. The molecule has 1 N–H and O–H groups in total. The van der Waals surface area contributed by atoms with Gasteiger partial charge in [0, 0.05) is 30.0 Å². The van der Waals surface area contributed by atoms with Gasteiger partial charge in [-0.25, -0.2) is 18.7 Å². The van der Waals surface area contributed by atoms with E-state index in [1.54, 1.807) is 18.4 Å². The molecule has 1 amide bonds. The zero-order chi connectivity index (χ0) is 23.4. The third-order valence-corrected chi connectivity index (χ3v) is 8.04. The summed E-state index contributed by atoms with van der Waals surface area (Å²) in [6.45, 7) is 0.319. The predicted molar refractivity (Wildman–Crippen MR) is 127 cm³/mol. The van der Waals surface area contributed by atoms with Crippen molar-refractivity contribution in [2.45, 2.75) is 38.2 Å². The second-order valence-corrected chi connectivity index (χ2v) is 10.1. The monoisotopic (exact) mass is 483 g/mol. The number of nitrogens with zero attached hydrogens (tertiary/aromatic N) is 4. The number of carbonyl (C=O) groups is 1. The van der Waals surface area contributed by atoms with E-state index in [4.69, 9.17) is 4.74 Å². The third kappa shape index (κ3) is 3.60. The smallest absolute Gasteiger partial charge is 0.267 e. The maximum Gasteiger partial charge on any atom is 0.267 e. The summed E-state index contributed by atoms with van der Waals surface area (Å²) in [4.78, 5) is 29.5. The molecule has 1 aliphatic carbocycles. The highest BCUT2D eigenvalue weighted by molar-refractivity contribution is 7.19. The topological polar surface area (TPSA) is 79.7 Å². The first-order valence-electron chi connectivity index (χ1n) is 11.3. The Morgan fingerprint density at radius 1 is 1.32 bits per heavy atom. The lowest BCUT2D eigenvalue weighted by atomic mass is 9.87. The Morgan fingerprint density at radius 2 is 2.21 bits per heavy atom. The molecule has 1 atom stereocenters. The van der Waals surface area contributed by atoms with E-state index >= 15 is 0 Å². The van der Waals surface area contributed by atoms with Crippen molar-refractivity contribution in [3.63, 3.8) is 0 Å². The second-order valence-electron chi connectivity index (χ2n) is 9.06.